The molecule has 4 rings (SSSR count). The van der Waals surface area contributed by atoms with Crippen LogP contribution in [0.2, 0.25) is 0 Å². The summed E-state index contributed by atoms with van der Waals surface area (Å²) in [7, 11) is 0. The fourth-order valence-electron chi connectivity index (χ4n) is 6.25. The molecule has 0 spiro atoms. The maximum absolute atomic E-state index is 13.7. The summed E-state index contributed by atoms with van der Waals surface area (Å²) >= 11 is 1.72. The van der Waals surface area contributed by atoms with Crippen LogP contribution in [0.4, 0.5) is 4.39 Å². The Hall–Kier alpha value is -2.54. The number of halogens is 1. The number of unbranched alkanes of at least 4 members (excludes halogenated alkanes) is 1. The van der Waals surface area contributed by atoms with Crippen molar-refractivity contribution in [3.8, 4) is 5.75 Å². The molecule has 242 valence electrons. The summed E-state index contributed by atoms with van der Waals surface area (Å²) in [5.74, 6) is 1.26. The molecule has 2 unspecified atom stereocenters. The number of benzene rings is 2. The standard InChI is InChI=1S/C37H53FN2O3S/c1-7-36(3,4)28-18-21-32(30(24-28)37(5,6)8-2)43-23-13-12-22-39-33(41)31-25-44-35(27-14-10-9-11-15-27)40(31)34(42)26-16-19-29(38)20-17-26/h16-21,24,27,31,35H,7-15,22-23,25H2,1-6H3,(H,39,41). The summed E-state index contributed by atoms with van der Waals surface area (Å²) in [6.45, 7) is 14.7. The van der Waals surface area contributed by atoms with Crippen LogP contribution in [0.15, 0.2) is 42.5 Å². The summed E-state index contributed by atoms with van der Waals surface area (Å²) in [5.41, 5.74) is 3.15. The van der Waals surface area contributed by atoms with Crippen molar-refractivity contribution in [2.24, 2.45) is 5.92 Å². The third-order valence-electron chi connectivity index (χ3n) is 10.1. The zero-order valence-corrected chi connectivity index (χ0v) is 28.5. The van der Waals surface area contributed by atoms with Crippen molar-refractivity contribution in [2.75, 3.05) is 18.9 Å². The van der Waals surface area contributed by atoms with Crippen molar-refractivity contribution < 1.29 is 18.7 Å². The van der Waals surface area contributed by atoms with Gasteiger partial charge in [-0.05, 0) is 91.2 Å². The number of nitrogens with zero attached hydrogens (tertiary/aromatic N) is 1. The molecule has 1 aliphatic carbocycles. The highest BCUT2D eigenvalue weighted by atomic mass is 32.2. The van der Waals surface area contributed by atoms with Gasteiger partial charge in [-0.3, -0.25) is 9.59 Å². The zero-order chi connectivity index (χ0) is 31.9. The van der Waals surface area contributed by atoms with E-state index in [0.717, 1.165) is 57.1 Å². The molecule has 0 bridgehead atoms. The minimum absolute atomic E-state index is 0.00907. The third-order valence-corrected chi connectivity index (χ3v) is 11.6. The zero-order valence-electron chi connectivity index (χ0n) is 27.7. The van der Waals surface area contributed by atoms with Crippen molar-refractivity contribution in [2.45, 2.75) is 122 Å². The van der Waals surface area contributed by atoms with Gasteiger partial charge in [0.05, 0.1) is 12.0 Å². The predicted molar refractivity (Wildman–Crippen MR) is 180 cm³/mol. The number of hydrogen-bond donors (Lipinski definition) is 1. The molecule has 5 nitrogen and oxygen atoms in total. The maximum atomic E-state index is 13.7. The van der Waals surface area contributed by atoms with Gasteiger partial charge in [0, 0.05) is 23.4 Å². The minimum Gasteiger partial charge on any atom is -0.493 e. The number of nitrogens with one attached hydrogen (secondary N) is 1. The lowest BCUT2D eigenvalue weighted by molar-refractivity contribution is -0.125. The highest BCUT2D eigenvalue weighted by molar-refractivity contribution is 8.00. The quantitative estimate of drug-likeness (QED) is 0.227. The van der Waals surface area contributed by atoms with Gasteiger partial charge in [-0.1, -0.05) is 72.9 Å². The van der Waals surface area contributed by atoms with Crippen molar-refractivity contribution in [1.29, 1.82) is 0 Å². The number of thioether (sulfide) groups is 1. The van der Waals surface area contributed by atoms with E-state index in [2.05, 4.69) is 65.1 Å². The molecule has 2 aliphatic rings. The maximum Gasteiger partial charge on any atom is 0.255 e. The first-order valence-electron chi connectivity index (χ1n) is 16.7. The van der Waals surface area contributed by atoms with Crippen molar-refractivity contribution in [3.05, 3.63) is 65.0 Å². The molecule has 44 heavy (non-hydrogen) atoms. The fourth-order valence-corrected chi connectivity index (χ4v) is 7.89. The van der Waals surface area contributed by atoms with Crippen LogP contribution in [0.1, 0.15) is 121 Å². The number of ether oxygens (including phenoxy) is 1. The monoisotopic (exact) mass is 624 g/mol. The van der Waals surface area contributed by atoms with Crippen LogP contribution < -0.4 is 10.1 Å². The molecule has 1 saturated heterocycles. The smallest absolute Gasteiger partial charge is 0.255 e. The molecule has 1 aliphatic heterocycles. The average Bonchev–Trinajstić information content (AvgIpc) is 3.48. The van der Waals surface area contributed by atoms with Gasteiger partial charge in [0.25, 0.3) is 5.91 Å². The number of carbonyl (C=O) groups excluding carboxylic acids is 2. The van der Waals surface area contributed by atoms with E-state index in [1.807, 2.05) is 0 Å². The highest BCUT2D eigenvalue weighted by Gasteiger charge is 2.45. The second-order valence-electron chi connectivity index (χ2n) is 13.9. The molecule has 2 atom stereocenters. The summed E-state index contributed by atoms with van der Waals surface area (Å²) in [6.07, 6.45) is 9.41. The molecule has 1 heterocycles. The molecule has 0 aromatic heterocycles. The van der Waals surface area contributed by atoms with Crippen LogP contribution >= 0.6 is 11.8 Å². The minimum atomic E-state index is -0.523. The molecule has 2 fully saturated rings. The summed E-state index contributed by atoms with van der Waals surface area (Å²) < 4.78 is 19.9. The van der Waals surface area contributed by atoms with Crippen molar-refractivity contribution in [1.82, 2.24) is 10.2 Å². The Morgan fingerprint density at radius 1 is 0.955 bits per heavy atom. The lowest BCUT2D eigenvalue weighted by Crippen LogP contribution is -2.51. The first-order valence-corrected chi connectivity index (χ1v) is 17.8. The predicted octanol–water partition coefficient (Wildman–Crippen LogP) is 8.64. The van der Waals surface area contributed by atoms with Gasteiger partial charge in [0.1, 0.15) is 17.6 Å². The Bertz CT molecular complexity index is 1260. The van der Waals surface area contributed by atoms with Crippen molar-refractivity contribution in [3.63, 3.8) is 0 Å². The molecule has 2 amide bonds. The normalized spacial score (nSPS) is 19.7. The van der Waals surface area contributed by atoms with Gasteiger partial charge >= 0.3 is 0 Å². The van der Waals surface area contributed by atoms with E-state index in [0.29, 0.717) is 30.4 Å². The lowest BCUT2D eigenvalue weighted by Gasteiger charge is -2.35. The van der Waals surface area contributed by atoms with Crippen molar-refractivity contribution >= 4 is 23.6 Å². The van der Waals surface area contributed by atoms with Crippen LogP contribution in [0.3, 0.4) is 0 Å². The van der Waals surface area contributed by atoms with Crippen LogP contribution in [0, 0.1) is 11.7 Å². The summed E-state index contributed by atoms with van der Waals surface area (Å²) in [5, 5.41) is 3.09. The average molecular weight is 625 g/mol. The second kappa shape index (κ2) is 15.2. The van der Waals surface area contributed by atoms with E-state index in [-0.39, 0.29) is 33.8 Å². The van der Waals surface area contributed by atoms with Gasteiger partial charge < -0.3 is 15.0 Å². The van der Waals surface area contributed by atoms with Crippen LogP contribution in [0.5, 0.6) is 5.75 Å². The number of hydrogen-bond acceptors (Lipinski definition) is 4. The lowest BCUT2D eigenvalue weighted by atomic mass is 9.76. The number of amides is 2. The van der Waals surface area contributed by atoms with E-state index in [9.17, 15) is 14.0 Å². The Morgan fingerprint density at radius 3 is 2.30 bits per heavy atom. The first-order chi connectivity index (χ1) is 21.0. The SMILES string of the molecule is CCC(C)(C)c1ccc(OCCCCNC(=O)C2CSC(C3CCCCC3)N2C(=O)c2ccc(F)cc2)c(C(C)(C)CC)c1. The molecule has 7 heteroatoms. The number of rotatable bonds is 13. The summed E-state index contributed by atoms with van der Waals surface area (Å²) in [4.78, 5) is 28.9. The Balaban J connectivity index is 1.34. The van der Waals surface area contributed by atoms with Gasteiger partial charge in [-0.15, -0.1) is 11.8 Å². The topological polar surface area (TPSA) is 58.6 Å². The Kier molecular flexibility index (Phi) is 11.8. The van der Waals surface area contributed by atoms with Gasteiger partial charge in [0.15, 0.2) is 0 Å². The molecular weight excluding hydrogens is 571 g/mol. The van der Waals surface area contributed by atoms with Crippen LogP contribution in [-0.2, 0) is 15.6 Å². The molecule has 1 N–H and O–H groups in total. The van der Waals surface area contributed by atoms with E-state index < -0.39 is 6.04 Å². The van der Waals surface area contributed by atoms with Crippen LogP contribution in [-0.4, -0.2) is 47.0 Å². The van der Waals surface area contributed by atoms with Crippen LogP contribution in [0.25, 0.3) is 0 Å². The van der Waals surface area contributed by atoms with E-state index >= 15 is 0 Å². The fraction of sp³-hybridized carbons (Fsp3) is 0.622. The Labute approximate surface area is 269 Å². The molecular formula is C37H53FN2O3S. The molecule has 0 radical (unpaired) electrons. The van der Waals surface area contributed by atoms with E-state index in [1.165, 1.54) is 41.8 Å². The largest absolute Gasteiger partial charge is 0.493 e. The molecule has 1 saturated carbocycles. The van der Waals surface area contributed by atoms with Gasteiger partial charge in [-0.2, -0.15) is 0 Å². The first kappa shape index (κ1) is 34.3. The summed E-state index contributed by atoms with van der Waals surface area (Å²) in [6, 6.07) is 11.8. The Morgan fingerprint density at radius 2 is 1.64 bits per heavy atom. The second-order valence-corrected chi connectivity index (χ2v) is 15.0. The van der Waals surface area contributed by atoms with Gasteiger partial charge in [0.2, 0.25) is 5.91 Å². The highest BCUT2D eigenvalue weighted by Crippen LogP contribution is 2.41. The molecule has 2 aromatic rings. The third kappa shape index (κ3) is 8.18. The van der Waals surface area contributed by atoms with E-state index in [1.54, 1.807) is 16.7 Å². The van der Waals surface area contributed by atoms with Gasteiger partial charge in [-0.25, -0.2) is 4.39 Å². The molecule has 2 aromatic carbocycles. The number of carbonyl (C=O) groups is 2. The van der Waals surface area contributed by atoms with E-state index in [4.69, 9.17) is 4.74 Å².